The van der Waals surface area contributed by atoms with Crippen LogP contribution < -0.4 is 10.6 Å². The van der Waals surface area contributed by atoms with Crippen LogP contribution in [-0.2, 0) is 0 Å². The lowest BCUT2D eigenvalue weighted by Crippen LogP contribution is -2.56. The molecule has 0 aliphatic carbocycles. The molecule has 0 radical (unpaired) electrons. The minimum Gasteiger partial charge on any atom is -0.352 e. The Morgan fingerprint density at radius 2 is 1.81 bits per heavy atom. The molecule has 0 unspecified atom stereocenters. The minimum atomic E-state index is -0.289. The topological polar surface area (TPSA) is 138 Å². The highest BCUT2D eigenvalue weighted by atomic mass is 19.1. The number of nitrogens with one attached hydrogen (secondary N) is 2. The van der Waals surface area contributed by atoms with E-state index in [9.17, 15) is 4.39 Å². The predicted octanol–water partition coefficient (Wildman–Crippen LogP) is 3.31. The molecular weight excluding hydrogens is 459 g/mol. The van der Waals surface area contributed by atoms with Crippen molar-refractivity contribution in [3.05, 3.63) is 66.9 Å². The second kappa shape index (κ2) is 7.89. The fraction of sp³-hybridized carbons (Fsp3) is 0.120. The van der Waals surface area contributed by atoms with Crippen molar-refractivity contribution in [2.24, 2.45) is 5.73 Å². The van der Waals surface area contributed by atoms with Crippen molar-refractivity contribution >= 4 is 28.0 Å². The van der Waals surface area contributed by atoms with E-state index in [1.807, 2.05) is 18.2 Å². The van der Waals surface area contributed by atoms with Gasteiger partial charge in [-0.2, -0.15) is 5.10 Å². The SMILES string of the molecule is NC1CN(c2cncc(-c3ccc4[nH]nc(-c5nc6nccc(-c7ccc(F)cc7)c6[nH]5)c4n3)n2)C1. The zero-order valence-electron chi connectivity index (χ0n) is 18.9. The maximum Gasteiger partial charge on any atom is 0.178 e. The number of fused-ring (bicyclic) bond motifs is 2. The standard InChI is InChI=1S/C25H19FN10/c26-14-3-1-13(2-4-14)16-7-8-29-24-21(16)32-25(33-24)23-22-18(34-35-23)6-5-17(31-22)19-9-28-10-20(30-19)36-11-15(27)12-36/h1-10,15H,11-12,27H2,(H,34,35)(H,29,32,33). The molecule has 1 saturated heterocycles. The van der Waals surface area contributed by atoms with Crippen LogP contribution in [0.1, 0.15) is 0 Å². The van der Waals surface area contributed by atoms with E-state index in [0.717, 1.165) is 41.1 Å². The first-order valence-corrected chi connectivity index (χ1v) is 11.4. The van der Waals surface area contributed by atoms with Gasteiger partial charge in [-0.25, -0.2) is 24.3 Å². The predicted molar refractivity (Wildman–Crippen MR) is 133 cm³/mol. The van der Waals surface area contributed by atoms with Crippen molar-refractivity contribution < 1.29 is 4.39 Å². The number of H-pyrrole nitrogens is 2. The Hall–Kier alpha value is -4.77. The Morgan fingerprint density at radius 1 is 0.944 bits per heavy atom. The van der Waals surface area contributed by atoms with Crippen LogP contribution in [0.5, 0.6) is 0 Å². The second-order valence-corrected chi connectivity index (χ2v) is 8.74. The molecule has 36 heavy (non-hydrogen) atoms. The lowest BCUT2D eigenvalue weighted by atomic mass is 10.1. The number of rotatable bonds is 4. The van der Waals surface area contributed by atoms with Gasteiger partial charge in [0.1, 0.15) is 22.8 Å². The number of imidazole rings is 1. The normalized spacial score (nSPS) is 14.0. The highest BCUT2D eigenvalue weighted by Crippen LogP contribution is 2.31. The van der Waals surface area contributed by atoms with Crippen LogP contribution in [0.4, 0.5) is 10.2 Å². The Labute approximate surface area is 203 Å². The molecular formula is C25H19FN10. The van der Waals surface area contributed by atoms with E-state index in [1.165, 1.54) is 12.1 Å². The Balaban J connectivity index is 1.30. The second-order valence-electron chi connectivity index (χ2n) is 8.74. The minimum absolute atomic E-state index is 0.167. The summed E-state index contributed by atoms with van der Waals surface area (Å²) in [4.78, 5) is 28.4. The first kappa shape index (κ1) is 20.6. The largest absolute Gasteiger partial charge is 0.352 e. The summed E-state index contributed by atoms with van der Waals surface area (Å²) in [5.74, 6) is 1.01. The number of hydrogen-bond acceptors (Lipinski definition) is 8. The van der Waals surface area contributed by atoms with E-state index >= 15 is 0 Å². The third-order valence-electron chi connectivity index (χ3n) is 6.30. The monoisotopic (exact) mass is 478 g/mol. The number of hydrogen-bond donors (Lipinski definition) is 3. The fourth-order valence-corrected chi connectivity index (χ4v) is 4.43. The zero-order valence-corrected chi connectivity index (χ0v) is 18.9. The van der Waals surface area contributed by atoms with Crippen molar-refractivity contribution in [2.75, 3.05) is 18.0 Å². The molecule has 7 rings (SSSR count). The third-order valence-corrected chi connectivity index (χ3v) is 6.30. The Kier molecular flexibility index (Phi) is 4.51. The summed E-state index contributed by atoms with van der Waals surface area (Å²) in [6.45, 7) is 1.52. The number of aromatic amines is 2. The van der Waals surface area contributed by atoms with Crippen LogP contribution in [-0.4, -0.2) is 59.2 Å². The highest BCUT2D eigenvalue weighted by Gasteiger charge is 2.25. The molecule has 176 valence electrons. The van der Waals surface area contributed by atoms with E-state index in [-0.39, 0.29) is 11.9 Å². The number of nitrogens with two attached hydrogens (primary N) is 1. The molecule has 11 heteroatoms. The zero-order chi connectivity index (χ0) is 24.2. The average molecular weight is 478 g/mol. The summed E-state index contributed by atoms with van der Waals surface area (Å²) in [5, 5.41) is 7.49. The molecule has 0 bridgehead atoms. The smallest absolute Gasteiger partial charge is 0.178 e. The summed E-state index contributed by atoms with van der Waals surface area (Å²) in [6, 6.07) is 12.1. The van der Waals surface area contributed by atoms with Crippen molar-refractivity contribution in [2.45, 2.75) is 6.04 Å². The molecule has 1 aliphatic rings. The average Bonchev–Trinajstić information content (AvgIpc) is 3.51. The third kappa shape index (κ3) is 3.36. The number of aromatic nitrogens is 8. The van der Waals surface area contributed by atoms with E-state index in [2.05, 4.69) is 35.0 Å². The van der Waals surface area contributed by atoms with Gasteiger partial charge in [0, 0.05) is 30.9 Å². The Morgan fingerprint density at radius 3 is 2.64 bits per heavy atom. The molecule has 1 fully saturated rings. The summed E-state index contributed by atoms with van der Waals surface area (Å²) in [5.41, 5.74) is 12.2. The molecule has 10 nitrogen and oxygen atoms in total. The van der Waals surface area contributed by atoms with Crippen LogP contribution in [0.2, 0.25) is 0 Å². The molecule has 5 aromatic heterocycles. The summed E-state index contributed by atoms with van der Waals surface area (Å²) in [6.07, 6.45) is 5.11. The quantitative estimate of drug-likeness (QED) is 0.351. The van der Waals surface area contributed by atoms with Gasteiger partial charge in [0.05, 0.1) is 29.1 Å². The number of pyridine rings is 2. The molecule has 6 heterocycles. The summed E-state index contributed by atoms with van der Waals surface area (Å²) in [7, 11) is 0. The number of halogens is 1. The summed E-state index contributed by atoms with van der Waals surface area (Å²) >= 11 is 0. The van der Waals surface area contributed by atoms with Gasteiger partial charge in [-0.05, 0) is 35.9 Å². The van der Waals surface area contributed by atoms with Gasteiger partial charge >= 0.3 is 0 Å². The van der Waals surface area contributed by atoms with Gasteiger partial charge in [0.15, 0.2) is 17.2 Å². The van der Waals surface area contributed by atoms with Gasteiger partial charge in [-0.3, -0.25) is 10.1 Å². The van der Waals surface area contributed by atoms with Crippen LogP contribution >= 0.6 is 0 Å². The molecule has 0 saturated carbocycles. The number of anilines is 1. The number of benzene rings is 1. The first-order valence-electron chi connectivity index (χ1n) is 11.4. The lowest BCUT2D eigenvalue weighted by Gasteiger charge is -2.37. The maximum atomic E-state index is 13.4. The van der Waals surface area contributed by atoms with E-state index in [0.29, 0.717) is 34.1 Å². The van der Waals surface area contributed by atoms with Gasteiger partial charge < -0.3 is 15.6 Å². The van der Waals surface area contributed by atoms with Gasteiger partial charge in [-0.15, -0.1) is 0 Å². The highest BCUT2D eigenvalue weighted by molar-refractivity contribution is 5.94. The van der Waals surface area contributed by atoms with Crippen LogP contribution in [0.3, 0.4) is 0 Å². The Bertz CT molecular complexity index is 1730. The molecule has 4 N–H and O–H groups in total. The van der Waals surface area contributed by atoms with E-state index in [1.54, 1.807) is 30.7 Å². The molecule has 1 aromatic carbocycles. The maximum absolute atomic E-state index is 13.4. The number of nitrogens with zero attached hydrogens (tertiary/aromatic N) is 7. The van der Waals surface area contributed by atoms with Crippen molar-refractivity contribution in [1.29, 1.82) is 0 Å². The fourth-order valence-electron chi connectivity index (χ4n) is 4.43. The molecule has 0 amide bonds. The molecule has 0 spiro atoms. The van der Waals surface area contributed by atoms with Crippen molar-refractivity contribution in [1.82, 2.24) is 40.1 Å². The first-order chi connectivity index (χ1) is 17.6. The summed E-state index contributed by atoms with van der Waals surface area (Å²) < 4.78 is 13.4. The molecule has 6 aromatic rings. The molecule has 0 atom stereocenters. The van der Waals surface area contributed by atoms with Crippen molar-refractivity contribution in [3.8, 4) is 34.0 Å². The van der Waals surface area contributed by atoms with Crippen LogP contribution in [0.15, 0.2) is 61.1 Å². The molecule has 1 aliphatic heterocycles. The van der Waals surface area contributed by atoms with Gasteiger partial charge in [0.25, 0.3) is 0 Å². The van der Waals surface area contributed by atoms with E-state index < -0.39 is 0 Å². The lowest BCUT2D eigenvalue weighted by molar-refractivity contribution is 0.514. The van der Waals surface area contributed by atoms with Gasteiger partial charge in [-0.1, -0.05) is 12.1 Å². The van der Waals surface area contributed by atoms with Crippen LogP contribution in [0, 0.1) is 5.82 Å². The van der Waals surface area contributed by atoms with Crippen molar-refractivity contribution in [3.63, 3.8) is 0 Å². The van der Waals surface area contributed by atoms with E-state index in [4.69, 9.17) is 15.7 Å². The van der Waals surface area contributed by atoms with Crippen LogP contribution in [0.25, 0.3) is 56.2 Å². The van der Waals surface area contributed by atoms with Gasteiger partial charge in [0.2, 0.25) is 0 Å².